The molecule has 0 spiro atoms. The lowest BCUT2D eigenvalue weighted by Crippen LogP contribution is -2.49. The molecule has 0 fully saturated rings. The van der Waals surface area contributed by atoms with Gasteiger partial charge in [-0.3, -0.25) is 9.59 Å². The maximum atomic E-state index is 13.7. The second kappa shape index (κ2) is 8.62. The smallest absolute Gasteiger partial charge is 0.254 e. The molecule has 25 heavy (non-hydrogen) atoms. The quantitative estimate of drug-likeness (QED) is 0.825. The number of carbonyl (C=O) groups excluding carboxylic acids is 2. The molecule has 4 nitrogen and oxygen atoms in total. The lowest BCUT2D eigenvalue weighted by molar-refractivity contribution is -0.124. The van der Waals surface area contributed by atoms with Crippen molar-refractivity contribution in [2.75, 3.05) is 0 Å². The molecule has 2 rings (SSSR count). The summed E-state index contributed by atoms with van der Waals surface area (Å²) in [5.74, 6) is -1.76. The third-order valence-corrected chi connectivity index (χ3v) is 4.13. The predicted octanol–water partition coefficient (Wildman–Crippen LogP) is 3.55. The third kappa shape index (κ3) is 5.03. The van der Waals surface area contributed by atoms with Crippen LogP contribution in [0, 0.1) is 11.7 Å². The van der Waals surface area contributed by atoms with Gasteiger partial charge in [0.1, 0.15) is 11.9 Å². The monoisotopic (exact) mass is 362 g/mol. The Labute approximate surface area is 151 Å². The number of benzene rings is 2. The summed E-state index contributed by atoms with van der Waals surface area (Å²) in [5, 5.41) is 5.92. The molecule has 0 bridgehead atoms. The number of amides is 2. The van der Waals surface area contributed by atoms with Crippen LogP contribution in [0.2, 0.25) is 5.02 Å². The number of rotatable bonds is 6. The van der Waals surface area contributed by atoms with Crippen molar-refractivity contribution in [3.05, 3.63) is 70.5 Å². The van der Waals surface area contributed by atoms with E-state index in [1.165, 1.54) is 18.2 Å². The summed E-state index contributed by atoms with van der Waals surface area (Å²) in [4.78, 5) is 24.7. The van der Waals surface area contributed by atoms with E-state index in [2.05, 4.69) is 10.6 Å². The van der Waals surface area contributed by atoms with Crippen molar-refractivity contribution < 1.29 is 14.0 Å². The van der Waals surface area contributed by atoms with Crippen LogP contribution in [-0.2, 0) is 11.3 Å². The normalized spacial score (nSPS) is 11.9. The number of hydrogen-bond acceptors (Lipinski definition) is 2. The molecule has 0 radical (unpaired) electrons. The van der Waals surface area contributed by atoms with E-state index < -0.39 is 17.8 Å². The summed E-state index contributed by atoms with van der Waals surface area (Å²) in [6.45, 7) is 3.86. The zero-order valence-electron chi connectivity index (χ0n) is 14.1. The maximum Gasteiger partial charge on any atom is 0.254 e. The van der Waals surface area contributed by atoms with Gasteiger partial charge in [0.25, 0.3) is 5.91 Å². The van der Waals surface area contributed by atoms with Gasteiger partial charge < -0.3 is 10.6 Å². The molecule has 0 saturated heterocycles. The van der Waals surface area contributed by atoms with Gasteiger partial charge in [-0.15, -0.1) is 0 Å². The Morgan fingerprint density at radius 1 is 1.08 bits per heavy atom. The first-order valence-electron chi connectivity index (χ1n) is 7.96. The highest BCUT2D eigenvalue weighted by Gasteiger charge is 2.25. The van der Waals surface area contributed by atoms with Gasteiger partial charge in [0, 0.05) is 11.6 Å². The highest BCUT2D eigenvalue weighted by Crippen LogP contribution is 2.15. The first-order chi connectivity index (χ1) is 11.9. The van der Waals surface area contributed by atoms with Gasteiger partial charge >= 0.3 is 0 Å². The van der Waals surface area contributed by atoms with Crippen molar-refractivity contribution >= 4 is 23.4 Å². The summed E-state index contributed by atoms with van der Waals surface area (Å²) < 4.78 is 13.7. The van der Waals surface area contributed by atoms with Gasteiger partial charge in [0.05, 0.1) is 5.56 Å². The van der Waals surface area contributed by atoms with Crippen LogP contribution < -0.4 is 10.6 Å². The summed E-state index contributed by atoms with van der Waals surface area (Å²) in [5.41, 5.74) is 0.688. The predicted molar refractivity (Wildman–Crippen MR) is 95.8 cm³/mol. The minimum Gasteiger partial charge on any atom is -0.350 e. The molecule has 2 amide bonds. The fraction of sp³-hybridized carbons (Fsp3) is 0.263. The lowest BCUT2D eigenvalue weighted by atomic mass is 10.0. The van der Waals surface area contributed by atoms with E-state index in [0.717, 1.165) is 5.56 Å². The van der Waals surface area contributed by atoms with Gasteiger partial charge in [0.15, 0.2) is 0 Å². The average Bonchev–Trinajstić information content (AvgIpc) is 2.58. The summed E-state index contributed by atoms with van der Waals surface area (Å²) in [6.07, 6.45) is 0. The number of hydrogen-bond donors (Lipinski definition) is 2. The first kappa shape index (κ1) is 18.9. The first-order valence-corrected chi connectivity index (χ1v) is 8.34. The van der Waals surface area contributed by atoms with Crippen molar-refractivity contribution in [3.63, 3.8) is 0 Å². The van der Waals surface area contributed by atoms with E-state index in [4.69, 9.17) is 11.6 Å². The van der Waals surface area contributed by atoms with E-state index in [9.17, 15) is 14.0 Å². The minimum atomic E-state index is -0.783. The number of halogens is 2. The molecule has 0 aliphatic rings. The summed E-state index contributed by atoms with van der Waals surface area (Å²) in [7, 11) is 0. The Bertz CT molecular complexity index is 765. The van der Waals surface area contributed by atoms with Crippen LogP contribution in [0.5, 0.6) is 0 Å². The van der Waals surface area contributed by atoms with Gasteiger partial charge in [0.2, 0.25) is 5.91 Å². The Kier molecular flexibility index (Phi) is 6.53. The number of nitrogens with one attached hydrogen (secondary N) is 2. The molecular formula is C19H20ClFN2O2. The SMILES string of the molecule is CC(C)C(NC(=O)c1ccccc1F)C(=O)NCc1ccccc1Cl. The van der Waals surface area contributed by atoms with E-state index >= 15 is 0 Å². The second-order valence-corrected chi connectivity index (χ2v) is 6.39. The van der Waals surface area contributed by atoms with Crippen molar-refractivity contribution in [2.45, 2.75) is 26.4 Å². The molecule has 0 aliphatic heterocycles. The highest BCUT2D eigenvalue weighted by atomic mass is 35.5. The fourth-order valence-corrected chi connectivity index (χ4v) is 2.54. The topological polar surface area (TPSA) is 58.2 Å². The van der Waals surface area contributed by atoms with Gasteiger partial charge in [-0.25, -0.2) is 4.39 Å². The largest absolute Gasteiger partial charge is 0.350 e. The molecule has 0 aliphatic carbocycles. The Morgan fingerprint density at radius 3 is 2.36 bits per heavy atom. The zero-order chi connectivity index (χ0) is 18.4. The fourth-order valence-electron chi connectivity index (χ4n) is 2.33. The Morgan fingerprint density at radius 2 is 1.72 bits per heavy atom. The van der Waals surface area contributed by atoms with E-state index in [-0.39, 0.29) is 23.9 Å². The molecule has 0 heterocycles. The lowest BCUT2D eigenvalue weighted by Gasteiger charge is -2.22. The van der Waals surface area contributed by atoms with Crippen LogP contribution in [0.1, 0.15) is 29.8 Å². The maximum absolute atomic E-state index is 13.7. The van der Waals surface area contributed by atoms with E-state index in [1.807, 2.05) is 12.1 Å². The van der Waals surface area contributed by atoms with Crippen molar-refractivity contribution in [1.82, 2.24) is 10.6 Å². The van der Waals surface area contributed by atoms with Crippen LogP contribution in [0.15, 0.2) is 48.5 Å². The van der Waals surface area contributed by atoms with Crippen molar-refractivity contribution in [2.24, 2.45) is 5.92 Å². The van der Waals surface area contributed by atoms with Crippen LogP contribution >= 0.6 is 11.6 Å². The Hall–Kier alpha value is -2.40. The van der Waals surface area contributed by atoms with Crippen LogP contribution in [0.25, 0.3) is 0 Å². The molecular weight excluding hydrogens is 343 g/mol. The average molecular weight is 363 g/mol. The van der Waals surface area contributed by atoms with Gasteiger partial charge in [-0.1, -0.05) is 55.8 Å². The van der Waals surface area contributed by atoms with Gasteiger partial charge in [-0.2, -0.15) is 0 Å². The molecule has 0 saturated carbocycles. The van der Waals surface area contributed by atoms with Crippen molar-refractivity contribution in [1.29, 1.82) is 0 Å². The summed E-state index contributed by atoms with van der Waals surface area (Å²) in [6, 6.07) is 12.1. The third-order valence-electron chi connectivity index (χ3n) is 3.77. The molecule has 2 aromatic rings. The molecule has 1 unspecified atom stereocenters. The molecule has 132 valence electrons. The van der Waals surface area contributed by atoms with Crippen LogP contribution in [0.3, 0.4) is 0 Å². The zero-order valence-corrected chi connectivity index (χ0v) is 14.8. The molecule has 2 N–H and O–H groups in total. The van der Waals surface area contributed by atoms with E-state index in [0.29, 0.717) is 5.02 Å². The molecule has 0 aromatic heterocycles. The molecule has 2 aromatic carbocycles. The van der Waals surface area contributed by atoms with Crippen molar-refractivity contribution in [3.8, 4) is 0 Å². The molecule has 6 heteroatoms. The number of carbonyl (C=O) groups is 2. The summed E-state index contributed by atoms with van der Waals surface area (Å²) >= 11 is 6.07. The van der Waals surface area contributed by atoms with E-state index in [1.54, 1.807) is 32.0 Å². The minimum absolute atomic E-state index is 0.0907. The van der Waals surface area contributed by atoms with Crippen LogP contribution in [0.4, 0.5) is 4.39 Å². The van der Waals surface area contributed by atoms with Crippen LogP contribution in [-0.4, -0.2) is 17.9 Å². The Balaban J connectivity index is 2.04. The highest BCUT2D eigenvalue weighted by molar-refractivity contribution is 6.31. The standard InChI is InChI=1S/C19H20ClFN2O2/c1-12(2)17(23-18(24)14-8-4-6-10-16(14)21)19(25)22-11-13-7-3-5-9-15(13)20/h3-10,12,17H,11H2,1-2H3,(H,22,25)(H,23,24). The van der Waals surface area contributed by atoms with Gasteiger partial charge in [-0.05, 0) is 29.7 Å². The molecule has 1 atom stereocenters. The second-order valence-electron chi connectivity index (χ2n) is 5.98.